The van der Waals surface area contributed by atoms with Crippen LogP contribution >= 0.6 is 15.9 Å². The van der Waals surface area contributed by atoms with Crippen molar-refractivity contribution in [3.63, 3.8) is 0 Å². The standard InChI is InChI=1S/C16H19BrO/c1-10-2-5-14(17)9-15(10)16(18)8-13-7-11-3-4-12(13)6-11/h2,5,9,11-13H,3-4,6-8H2,1H3. The van der Waals surface area contributed by atoms with Crippen LogP contribution in [0.3, 0.4) is 0 Å². The first-order chi connectivity index (χ1) is 8.63. The van der Waals surface area contributed by atoms with Gasteiger partial charge in [0.05, 0.1) is 0 Å². The van der Waals surface area contributed by atoms with E-state index in [2.05, 4.69) is 15.9 Å². The van der Waals surface area contributed by atoms with Crippen molar-refractivity contribution in [2.24, 2.45) is 17.8 Å². The molecular formula is C16H19BrO. The summed E-state index contributed by atoms with van der Waals surface area (Å²) in [6.07, 6.45) is 6.21. The molecule has 3 unspecified atom stereocenters. The highest BCUT2D eigenvalue weighted by Crippen LogP contribution is 2.49. The summed E-state index contributed by atoms with van der Waals surface area (Å²) in [6.45, 7) is 2.03. The predicted octanol–water partition coefficient (Wildman–Crippen LogP) is 4.77. The van der Waals surface area contributed by atoms with Gasteiger partial charge in [0.1, 0.15) is 0 Å². The summed E-state index contributed by atoms with van der Waals surface area (Å²) in [5.74, 6) is 2.77. The zero-order chi connectivity index (χ0) is 12.7. The Hall–Kier alpha value is -0.630. The van der Waals surface area contributed by atoms with Crippen LogP contribution in [0.15, 0.2) is 22.7 Å². The number of benzene rings is 1. The molecule has 2 bridgehead atoms. The van der Waals surface area contributed by atoms with E-state index in [1.165, 1.54) is 25.7 Å². The van der Waals surface area contributed by atoms with E-state index < -0.39 is 0 Å². The van der Waals surface area contributed by atoms with Gasteiger partial charge in [-0.1, -0.05) is 28.4 Å². The van der Waals surface area contributed by atoms with Gasteiger partial charge in [-0.25, -0.2) is 0 Å². The van der Waals surface area contributed by atoms with Crippen molar-refractivity contribution in [3.8, 4) is 0 Å². The van der Waals surface area contributed by atoms with Crippen LogP contribution in [-0.4, -0.2) is 5.78 Å². The van der Waals surface area contributed by atoms with E-state index in [1.54, 1.807) is 0 Å². The molecule has 0 N–H and O–H groups in total. The molecule has 2 heteroatoms. The number of ketones is 1. The molecule has 1 nitrogen and oxygen atoms in total. The van der Waals surface area contributed by atoms with E-state index in [-0.39, 0.29) is 0 Å². The van der Waals surface area contributed by atoms with E-state index in [9.17, 15) is 4.79 Å². The normalized spacial score (nSPS) is 29.8. The maximum absolute atomic E-state index is 12.4. The van der Waals surface area contributed by atoms with Crippen molar-refractivity contribution in [2.75, 3.05) is 0 Å². The van der Waals surface area contributed by atoms with Crippen molar-refractivity contribution in [1.29, 1.82) is 0 Å². The lowest BCUT2D eigenvalue weighted by molar-refractivity contribution is 0.0943. The van der Waals surface area contributed by atoms with Gasteiger partial charge in [0.25, 0.3) is 0 Å². The number of hydrogen-bond acceptors (Lipinski definition) is 1. The molecule has 18 heavy (non-hydrogen) atoms. The Balaban J connectivity index is 1.73. The van der Waals surface area contributed by atoms with Crippen LogP contribution in [0.4, 0.5) is 0 Å². The number of fused-ring (bicyclic) bond motifs is 2. The highest BCUT2D eigenvalue weighted by atomic mass is 79.9. The minimum atomic E-state index is 0.339. The summed E-state index contributed by atoms with van der Waals surface area (Å²) in [5.41, 5.74) is 2.01. The Kier molecular flexibility index (Phi) is 3.31. The van der Waals surface area contributed by atoms with Crippen molar-refractivity contribution in [3.05, 3.63) is 33.8 Å². The van der Waals surface area contributed by atoms with Gasteiger partial charge in [-0.05, 0) is 61.6 Å². The maximum Gasteiger partial charge on any atom is 0.163 e. The molecule has 2 aliphatic rings. The van der Waals surface area contributed by atoms with E-state index in [0.29, 0.717) is 11.7 Å². The van der Waals surface area contributed by atoms with Gasteiger partial charge in [-0.15, -0.1) is 0 Å². The molecule has 0 saturated heterocycles. The van der Waals surface area contributed by atoms with E-state index in [1.807, 2.05) is 25.1 Å². The number of hydrogen-bond donors (Lipinski definition) is 0. The highest BCUT2D eigenvalue weighted by molar-refractivity contribution is 9.10. The molecule has 0 radical (unpaired) electrons. The van der Waals surface area contributed by atoms with Crippen molar-refractivity contribution in [1.82, 2.24) is 0 Å². The molecule has 2 saturated carbocycles. The molecule has 0 spiro atoms. The van der Waals surface area contributed by atoms with Gasteiger partial charge in [0.15, 0.2) is 5.78 Å². The second-order valence-corrected chi connectivity index (χ2v) is 6.94. The highest BCUT2D eigenvalue weighted by Gasteiger charge is 2.40. The van der Waals surface area contributed by atoms with Crippen molar-refractivity contribution >= 4 is 21.7 Å². The zero-order valence-electron chi connectivity index (χ0n) is 10.8. The molecule has 2 fully saturated rings. The quantitative estimate of drug-likeness (QED) is 0.735. The van der Waals surface area contributed by atoms with Gasteiger partial charge in [-0.2, -0.15) is 0 Å². The lowest BCUT2D eigenvalue weighted by Gasteiger charge is -2.21. The molecular weight excluding hydrogens is 288 g/mol. The average molecular weight is 307 g/mol. The molecule has 0 aromatic heterocycles. The molecule has 0 amide bonds. The predicted molar refractivity (Wildman–Crippen MR) is 76.8 cm³/mol. The van der Waals surface area contributed by atoms with Crippen LogP contribution in [0.1, 0.15) is 48.0 Å². The summed E-state index contributed by atoms with van der Waals surface area (Å²) in [7, 11) is 0. The Labute approximate surface area is 117 Å². The number of rotatable bonds is 3. The fourth-order valence-electron chi connectivity index (χ4n) is 3.87. The summed E-state index contributed by atoms with van der Waals surface area (Å²) in [5, 5.41) is 0. The largest absolute Gasteiger partial charge is 0.294 e. The Morgan fingerprint density at radius 1 is 1.33 bits per heavy atom. The maximum atomic E-state index is 12.4. The van der Waals surface area contributed by atoms with Crippen LogP contribution in [0.5, 0.6) is 0 Å². The first-order valence-corrected chi connectivity index (χ1v) is 7.72. The molecule has 1 aromatic rings. The number of carbonyl (C=O) groups is 1. The van der Waals surface area contributed by atoms with Gasteiger partial charge < -0.3 is 0 Å². The zero-order valence-corrected chi connectivity index (χ0v) is 12.4. The van der Waals surface area contributed by atoms with E-state index in [0.717, 1.165) is 33.9 Å². The molecule has 3 rings (SSSR count). The third kappa shape index (κ3) is 2.27. The van der Waals surface area contributed by atoms with Crippen molar-refractivity contribution < 1.29 is 4.79 Å². The fraction of sp³-hybridized carbons (Fsp3) is 0.562. The Morgan fingerprint density at radius 2 is 2.17 bits per heavy atom. The lowest BCUT2D eigenvalue weighted by atomic mass is 9.84. The van der Waals surface area contributed by atoms with Gasteiger partial charge >= 0.3 is 0 Å². The fourth-order valence-corrected chi connectivity index (χ4v) is 4.23. The summed E-state index contributed by atoms with van der Waals surface area (Å²) >= 11 is 3.46. The van der Waals surface area contributed by atoms with Crippen LogP contribution in [0.25, 0.3) is 0 Å². The number of aryl methyl sites for hydroxylation is 1. The third-order valence-corrected chi connectivity index (χ3v) is 5.33. The van der Waals surface area contributed by atoms with Crippen LogP contribution in [0.2, 0.25) is 0 Å². The first kappa shape index (κ1) is 12.4. The molecule has 0 aliphatic heterocycles. The first-order valence-electron chi connectivity index (χ1n) is 6.93. The smallest absolute Gasteiger partial charge is 0.163 e. The molecule has 0 heterocycles. The monoisotopic (exact) mass is 306 g/mol. The second kappa shape index (κ2) is 4.80. The summed E-state index contributed by atoms with van der Waals surface area (Å²) in [6, 6.07) is 6.01. The summed E-state index contributed by atoms with van der Waals surface area (Å²) in [4.78, 5) is 12.4. The molecule has 3 atom stereocenters. The lowest BCUT2D eigenvalue weighted by Crippen LogP contribution is -2.16. The van der Waals surface area contributed by atoms with Gasteiger partial charge in [-0.3, -0.25) is 4.79 Å². The molecule has 1 aromatic carbocycles. The Morgan fingerprint density at radius 3 is 2.83 bits per heavy atom. The topological polar surface area (TPSA) is 17.1 Å². The van der Waals surface area contributed by atoms with Crippen LogP contribution in [0, 0.1) is 24.7 Å². The van der Waals surface area contributed by atoms with Crippen LogP contribution in [-0.2, 0) is 0 Å². The van der Waals surface area contributed by atoms with E-state index in [4.69, 9.17) is 0 Å². The Bertz CT molecular complexity index is 480. The second-order valence-electron chi connectivity index (χ2n) is 6.02. The number of carbonyl (C=O) groups excluding carboxylic acids is 1. The minimum absolute atomic E-state index is 0.339. The summed E-state index contributed by atoms with van der Waals surface area (Å²) < 4.78 is 1.00. The third-order valence-electron chi connectivity index (χ3n) is 4.83. The minimum Gasteiger partial charge on any atom is -0.294 e. The van der Waals surface area contributed by atoms with Crippen LogP contribution < -0.4 is 0 Å². The van der Waals surface area contributed by atoms with E-state index >= 15 is 0 Å². The molecule has 2 aliphatic carbocycles. The van der Waals surface area contributed by atoms with Crippen molar-refractivity contribution in [2.45, 2.75) is 39.0 Å². The SMILES string of the molecule is Cc1ccc(Br)cc1C(=O)CC1CC2CCC1C2. The average Bonchev–Trinajstić information content (AvgIpc) is 2.94. The molecule has 96 valence electrons. The number of Topliss-reactive ketones (excluding diaryl/α,β-unsaturated/α-hetero) is 1. The van der Waals surface area contributed by atoms with Gasteiger partial charge in [0.2, 0.25) is 0 Å². The van der Waals surface area contributed by atoms with Gasteiger partial charge in [0, 0.05) is 16.5 Å². The number of halogens is 1.